The second-order valence-electron chi connectivity index (χ2n) is 10.1. The number of benzene rings is 2. The standard InChI is InChI=1S/C34H34N4O8S/c1-7-45-34(40)30-26(46-31(37)22(15-35)28(30)19-8-11-21(41-3)12-9-19)17-47-32-23(16-36)29(27(18(2)38-32)33(39)44-6)20-10-13-24(42-4)25(14-20)43-5/h8-14,28-29,38H,7,17,37H2,1-6H3. The molecule has 2 aromatic rings. The highest BCUT2D eigenvalue weighted by Gasteiger charge is 2.39. The first-order valence-electron chi connectivity index (χ1n) is 14.3. The summed E-state index contributed by atoms with van der Waals surface area (Å²) in [6.07, 6.45) is 0. The highest BCUT2D eigenvalue weighted by atomic mass is 32.2. The zero-order valence-corrected chi connectivity index (χ0v) is 27.6. The zero-order chi connectivity index (χ0) is 34.2. The number of esters is 2. The molecule has 2 atom stereocenters. The van der Waals surface area contributed by atoms with E-state index < -0.39 is 23.8 Å². The van der Waals surface area contributed by atoms with Gasteiger partial charge >= 0.3 is 11.9 Å². The number of nitriles is 2. The predicted molar refractivity (Wildman–Crippen MR) is 173 cm³/mol. The number of nitrogens with zero attached hydrogens (tertiary/aromatic N) is 2. The topological polar surface area (TPSA) is 175 Å². The number of hydrogen-bond acceptors (Lipinski definition) is 13. The number of carbonyl (C=O) groups excluding carboxylic acids is 2. The Morgan fingerprint density at radius 3 is 2.11 bits per heavy atom. The van der Waals surface area contributed by atoms with Crippen LogP contribution < -0.4 is 25.3 Å². The molecule has 0 bridgehead atoms. The van der Waals surface area contributed by atoms with E-state index in [4.69, 9.17) is 34.2 Å². The molecule has 47 heavy (non-hydrogen) atoms. The van der Waals surface area contributed by atoms with Gasteiger partial charge in [0.25, 0.3) is 0 Å². The molecule has 244 valence electrons. The van der Waals surface area contributed by atoms with Crippen LogP contribution in [0, 0.1) is 22.7 Å². The summed E-state index contributed by atoms with van der Waals surface area (Å²) in [7, 11) is 5.80. The molecule has 0 aliphatic carbocycles. The molecule has 0 radical (unpaired) electrons. The van der Waals surface area contributed by atoms with Gasteiger partial charge in [-0.1, -0.05) is 30.0 Å². The number of nitrogens with one attached hydrogen (secondary N) is 1. The first kappa shape index (κ1) is 34.3. The lowest BCUT2D eigenvalue weighted by atomic mass is 9.82. The highest BCUT2D eigenvalue weighted by Crippen LogP contribution is 2.45. The summed E-state index contributed by atoms with van der Waals surface area (Å²) in [5, 5.41) is 24.1. The van der Waals surface area contributed by atoms with Gasteiger partial charge in [0, 0.05) is 5.70 Å². The number of dihydropyridines is 1. The van der Waals surface area contributed by atoms with Gasteiger partial charge in [0.2, 0.25) is 5.88 Å². The number of thioether (sulfide) groups is 1. The van der Waals surface area contributed by atoms with Crippen molar-refractivity contribution in [3.05, 3.63) is 98.3 Å². The first-order valence-corrected chi connectivity index (χ1v) is 15.3. The van der Waals surface area contributed by atoms with E-state index in [0.717, 1.165) is 11.8 Å². The van der Waals surface area contributed by atoms with Crippen LogP contribution in [0.4, 0.5) is 0 Å². The van der Waals surface area contributed by atoms with E-state index in [1.165, 1.54) is 28.4 Å². The van der Waals surface area contributed by atoms with Crippen LogP contribution in [0.15, 0.2) is 87.1 Å². The molecule has 13 heteroatoms. The molecule has 4 rings (SSSR count). The van der Waals surface area contributed by atoms with Crippen molar-refractivity contribution in [3.8, 4) is 29.4 Å². The lowest BCUT2D eigenvalue weighted by molar-refractivity contribution is -0.139. The fourth-order valence-electron chi connectivity index (χ4n) is 5.40. The van der Waals surface area contributed by atoms with Crippen molar-refractivity contribution >= 4 is 23.7 Å². The van der Waals surface area contributed by atoms with Crippen molar-refractivity contribution in [1.29, 1.82) is 10.5 Å². The normalized spacial score (nSPS) is 17.6. The number of hydrogen-bond donors (Lipinski definition) is 2. The average molecular weight is 659 g/mol. The van der Waals surface area contributed by atoms with Gasteiger partial charge in [0.15, 0.2) is 11.5 Å². The third-order valence-corrected chi connectivity index (χ3v) is 8.60. The van der Waals surface area contributed by atoms with E-state index in [1.807, 2.05) is 0 Å². The molecule has 2 aliphatic rings. The largest absolute Gasteiger partial charge is 0.497 e. The maximum Gasteiger partial charge on any atom is 0.338 e. The van der Waals surface area contributed by atoms with Crippen LogP contribution in [0.25, 0.3) is 0 Å². The van der Waals surface area contributed by atoms with Crippen molar-refractivity contribution in [2.24, 2.45) is 5.73 Å². The Morgan fingerprint density at radius 2 is 1.53 bits per heavy atom. The van der Waals surface area contributed by atoms with Gasteiger partial charge in [0.1, 0.15) is 23.2 Å². The average Bonchev–Trinajstić information content (AvgIpc) is 3.09. The van der Waals surface area contributed by atoms with Crippen molar-refractivity contribution < 1.29 is 38.0 Å². The summed E-state index contributed by atoms with van der Waals surface area (Å²) in [6.45, 7) is 3.46. The molecule has 0 fully saturated rings. The Morgan fingerprint density at radius 1 is 0.894 bits per heavy atom. The van der Waals surface area contributed by atoms with E-state index in [2.05, 4.69) is 17.5 Å². The minimum absolute atomic E-state index is 0.00716. The Kier molecular flexibility index (Phi) is 11.1. The fourth-order valence-corrected chi connectivity index (χ4v) is 6.43. The number of carbonyl (C=O) groups is 2. The van der Waals surface area contributed by atoms with Gasteiger partial charge in [-0.3, -0.25) is 0 Å². The van der Waals surface area contributed by atoms with E-state index in [9.17, 15) is 20.1 Å². The summed E-state index contributed by atoms with van der Waals surface area (Å²) in [5.74, 6) is -1.52. The van der Waals surface area contributed by atoms with Crippen molar-refractivity contribution in [2.45, 2.75) is 25.7 Å². The summed E-state index contributed by atoms with van der Waals surface area (Å²) in [5.41, 5.74) is 8.51. The number of methoxy groups -OCH3 is 4. The summed E-state index contributed by atoms with van der Waals surface area (Å²) in [6, 6.07) is 16.4. The summed E-state index contributed by atoms with van der Waals surface area (Å²) in [4.78, 5) is 26.5. The molecule has 12 nitrogen and oxygen atoms in total. The minimum atomic E-state index is -0.884. The molecule has 0 aromatic heterocycles. The molecule has 0 amide bonds. The highest BCUT2D eigenvalue weighted by molar-refractivity contribution is 8.03. The number of nitrogens with two attached hydrogens (primary N) is 1. The molecule has 0 spiro atoms. The fraction of sp³-hybridized carbons (Fsp3) is 0.294. The summed E-state index contributed by atoms with van der Waals surface area (Å²) < 4.78 is 32.6. The second-order valence-corrected chi connectivity index (χ2v) is 11.1. The molecule has 2 aromatic carbocycles. The van der Waals surface area contributed by atoms with Gasteiger partial charge < -0.3 is 39.5 Å². The zero-order valence-electron chi connectivity index (χ0n) is 26.8. The predicted octanol–water partition coefficient (Wildman–Crippen LogP) is 4.64. The van der Waals surface area contributed by atoms with Crippen molar-refractivity contribution in [1.82, 2.24) is 5.32 Å². The van der Waals surface area contributed by atoms with Gasteiger partial charge in [0.05, 0.1) is 80.5 Å². The third kappa shape index (κ3) is 6.86. The van der Waals surface area contributed by atoms with Crippen molar-refractivity contribution in [3.63, 3.8) is 0 Å². The molecular formula is C34H34N4O8S. The monoisotopic (exact) mass is 658 g/mol. The summed E-state index contributed by atoms with van der Waals surface area (Å²) >= 11 is 1.16. The number of allylic oxidation sites excluding steroid dienone is 3. The Labute approximate surface area is 277 Å². The van der Waals surface area contributed by atoms with E-state index in [0.29, 0.717) is 39.1 Å². The van der Waals surface area contributed by atoms with E-state index >= 15 is 0 Å². The van der Waals surface area contributed by atoms with Gasteiger partial charge in [-0.05, 0) is 49.2 Å². The van der Waals surface area contributed by atoms with E-state index in [-0.39, 0.29) is 46.3 Å². The van der Waals surface area contributed by atoms with Gasteiger partial charge in [-0.15, -0.1) is 0 Å². The quantitative estimate of drug-likeness (QED) is 0.320. The SMILES string of the molecule is CCOC(=O)C1=C(CSC2=C(C#N)C(c3ccc(OC)c(OC)c3)C(C(=O)OC)=C(C)N2)OC(N)=C(C#N)C1c1ccc(OC)cc1. The van der Waals surface area contributed by atoms with Crippen LogP contribution >= 0.6 is 11.8 Å². The van der Waals surface area contributed by atoms with Crippen LogP contribution in [-0.2, 0) is 23.8 Å². The molecule has 0 saturated carbocycles. The Balaban J connectivity index is 1.83. The third-order valence-electron chi connectivity index (χ3n) is 7.58. The van der Waals surface area contributed by atoms with Gasteiger partial charge in [-0.25, -0.2) is 9.59 Å². The Bertz CT molecular complexity index is 1780. The van der Waals surface area contributed by atoms with E-state index in [1.54, 1.807) is 56.3 Å². The van der Waals surface area contributed by atoms with Crippen LogP contribution in [0.3, 0.4) is 0 Å². The lowest BCUT2D eigenvalue weighted by Gasteiger charge is -2.31. The van der Waals surface area contributed by atoms with Crippen molar-refractivity contribution in [2.75, 3.05) is 40.8 Å². The van der Waals surface area contributed by atoms with Crippen LogP contribution in [-0.4, -0.2) is 52.7 Å². The maximum atomic E-state index is 13.5. The smallest absolute Gasteiger partial charge is 0.338 e. The molecule has 3 N–H and O–H groups in total. The van der Waals surface area contributed by atoms with Crippen LogP contribution in [0.1, 0.15) is 36.8 Å². The molecule has 2 unspecified atom stereocenters. The van der Waals surface area contributed by atoms with Crippen LogP contribution in [0.2, 0.25) is 0 Å². The maximum absolute atomic E-state index is 13.5. The Hall–Kier alpha value is -5.53. The molecule has 2 heterocycles. The first-order chi connectivity index (χ1) is 22.7. The number of ether oxygens (including phenoxy) is 6. The van der Waals surface area contributed by atoms with Crippen LogP contribution in [0.5, 0.6) is 17.2 Å². The minimum Gasteiger partial charge on any atom is -0.497 e. The number of rotatable bonds is 11. The lowest BCUT2D eigenvalue weighted by Crippen LogP contribution is -2.29. The molecule has 2 aliphatic heterocycles. The van der Waals surface area contributed by atoms with Gasteiger partial charge in [-0.2, -0.15) is 10.5 Å². The second kappa shape index (κ2) is 15.2. The molecular weight excluding hydrogens is 624 g/mol. The molecule has 0 saturated heterocycles.